The highest BCUT2D eigenvalue weighted by Crippen LogP contribution is 2.47. The first-order valence-corrected chi connectivity index (χ1v) is 5.33. The van der Waals surface area contributed by atoms with Gasteiger partial charge in [-0.05, 0) is 58.8 Å². The molecule has 0 amide bonds. The van der Waals surface area contributed by atoms with Crippen molar-refractivity contribution < 1.29 is 0 Å². The summed E-state index contributed by atoms with van der Waals surface area (Å²) in [6.45, 7) is 0.805. The van der Waals surface area contributed by atoms with E-state index < -0.39 is 0 Å². The largest absolute Gasteiger partial charge is 0.330 e. The van der Waals surface area contributed by atoms with Gasteiger partial charge in [0.25, 0.3) is 0 Å². The molecule has 13 heavy (non-hydrogen) atoms. The molecule has 1 heterocycles. The van der Waals surface area contributed by atoms with Gasteiger partial charge in [0.1, 0.15) is 0 Å². The zero-order valence-corrected chi connectivity index (χ0v) is 9.05. The molecule has 0 bridgehead atoms. The Morgan fingerprint density at radius 3 is 2.77 bits per heavy atom. The first-order chi connectivity index (χ1) is 6.24. The SMILES string of the molecule is NCC1(Cc2cncc(Br)c2)CC1. The van der Waals surface area contributed by atoms with Gasteiger partial charge in [0, 0.05) is 16.9 Å². The number of nitrogens with zero attached hydrogens (tertiary/aromatic N) is 1. The van der Waals surface area contributed by atoms with E-state index in [2.05, 4.69) is 27.0 Å². The number of nitrogens with two attached hydrogens (primary N) is 1. The molecule has 1 saturated carbocycles. The van der Waals surface area contributed by atoms with Crippen LogP contribution < -0.4 is 5.73 Å². The van der Waals surface area contributed by atoms with Crippen LogP contribution in [0, 0.1) is 5.41 Å². The second-order valence-electron chi connectivity index (χ2n) is 3.89. The molecule has 1 aliphatic carbocycles. The number of aromatic nitrogens is 1. The number of halogens is 1. The third-order valence-corrected chi connectivity index (χ3v) is 3.16. The van der Waals surface area contributed by atoms with Crippen LogP contribution in [0.1, 0.15) is 18.4 Å². The molecule has 0 unspecified atom stereocenters. The average Bonchev–Trinajstić information content (AvgIpc) is 2.86. The average molecular weight is 241 g/mol. The Balaban J connectivity index is 2.09. The maximum Gasteiger partial charge on any atom is 0.0410 e. The van der Waals surface area contributed by atoms with Gasteiger partial charge in [0.15, 0.2) is 0 Å². The number of rotatable bonds is 3. The fourth-order valence-electron chi connectivity index (χ4n) is 1.62. The topological polar surface area (TPSA) is 38.9 Å². The van der Waals surface area contributed by atoms with Crippen LogP contribution in [0.4, 0.5) is 0 Å². The minimum Gasteiger partial charge on any atom is -0.330 e. The second-order valence-corrected chi connectivity index (χ2v) is 4.81. The molecular formula is C10H13BrN2. The zero-order chi connectivity index (χ0) is 9.31. The smallest absolute Gasteiger partial charge is 0.0410 e. The Bertz CT molecular complexity index is 308. The van der Waals surface area contributed by atoms with E-state index in [1.807, 2.05) is 12.4 Å². The predicted molar refractivity (Wildman–Crippen MR) is 56.4 cm³/mol. The van der Waals surface area contributed by atoms with Crippen LogP contribution in [-0.2, 0) is 6.42 Å². The van der Waals surface area contributed by atoms with Crippen molar-refractivity contribution in [3.63, 3.8) is 0 Å². The lowest BCUT2D eigenvalue weighted by molar-refractivity contribution is 0.520. The predicted octanol–water partition coefficient (Wildman–Crippen LogP) is 2.13. The first-order valence-electron chi connectivity index (χ1n) is 4.54. The molecular weight excluding hydrogens is 228 g/mol. The van der Waals surface area contributed by atoms with Crippen LogP contribution in [0.25, 0.3) is 0 Å². The number of hydrogen-bond acceptors (Lipinski definition) is 2. The number of pyridine rings is 1. The van der Waals surface area contributed by atoms with Crippen molar-refractivity contribution in [3.8, 4) is 0 Å². The maximum atomic E-state index is 5.72. The summed E-state index contributed by atoms with van der Waals surface area (Å²) in [6.07, 6.45) is 7.37. The molecule has 0 atom stereocenters. The van der Waals surface area contributed by atoms with Crippen LogP contribution in [0.3, 0.4) is 0 Å². The third-order valence-electron chi connectivity index (χ3n) is 2.73. The van der Waals surface area contributed by atoms with E-state index in [9.17, 15) is 0 Å². The van der Waals surface area contributed by atoms with Crippen LogP contribution in [0.15, 0.2) is 22.9 Å². The zero-order valence-electron chi connectivity index (χ0n) is 7.46. The Hall–Kier alpha value is -0.410. The molecule has 2 rings (SSSR count). The Labute approximate surface area is 86.7 Å². The Morgan fingerprint density at radius 2 is 2.23 bits per heavy atom. The van der Waals surface area contributed by atoms with Gasteiger partial charge in [-0.2, -0.15) is 0 Å². The molecule has 70 valence electrons. The van der Waals surface area contributed by atoms with Crippen molar-refractivity contribution in [3.05, 3.63) is 28.5 Å². The van der Waals surface area contributed by atoms with Gasteiger partial charge in [-0.15, -0.1) is 0 Å². The molecule has 0 aliphatic heterocycles. The fourth-order valence-corrected chi connectivity index (χ4v) is 2.03. The third kappa shape index (κ3) is 2.09. The maximum absolute atomic E-state index is 5.72. The summed E-state index contributed by atoms with van der Waals surface area (Å²) in [5.41, 5.74) is 7.42. The molecule has 1 fully saturated rings. The lowest BCUT2D eigenvalue weighted by Gasteiger charge is -2.11. The highest BCUT2D eigenvalue weighted by molar-refractivity contribution is 9.10. The van der Waals surface area contributed by atoms with Crippen molar-refractivity contribution in [2.24, 2.45) is 11.1 Å². The van der Waals surface area contributed by atoms with Gasteiger partial charge in [-0.1, -0.05) is 0 Å². The second kappa shape index (κ2) is 3.39. The normalized spacial score (nSPS) is 18.6. The summed E-state index contributed by atoms with van der Waals surface area (Å²) in [7, 11) is 0. The first kappa shape index (κ1) is 9.16. The van der Waals surface area contributed by atoms with E-state index in [0.29, 0.717) is 5.41 Å². The van der Waals surface area contributed by atoms with E-state index >= 15 is 0 Å². The van der Waals surface area contributed by atoms with Gasteiger partial charge in [0.2, 0.25) is 0 Å². The van der Waals surface area contributed by atoms with Gasteiger partial charge in [-0.3, -0.25) is 4.98 Å². The van der Waals surface area contributed by atoms with Crippen LogP contribution in [0.5, 0.6) is 0 Å². The standard InChI is InChI=1S/C10H13BrN2/c11-9-3-8(5-13-6-9)4-10(7-12)1-2-10/h3,5-6H,1-2,4,7,12H2. The molecule has 3 heteroatoms. The van der Waals surface area contributed by atoms with E-state index in [1.54, 1.807) is 0 Å². The molecule has 0 aromatic carbocycles. The van der Waals surface area contributed by atoms with Gasteiger partial charge in [-0.25, -0.2) is 0 Å². The molecule has 0 spiro atoms. The Kier molecular flexibility index (Phi) is 2.39. The highest BCUT2D eigenvalue weighted by atomic mass is 79.9. The van der Waals surface area contributed by atoms with E-state index in [1.165, 1.54) is 18.4 Å². The molecule has 0 saturated heterocycles. The van der Waals surface area contributed by atoms with Crippen molar-refractivity contribution in [2.45, 2.75) is 19.3 Å². The van der Waals surface area contributed by atoms with Crippen LogP contribution in [-0.4, -0.2) is 11.5 Å². The quantitative estimate of drug-likeness (QED) is 0.880. The van der Waals surface area contributed by atoms with Gasteiger partial charge >= 0.3 is 0 Å². The molecule has 1 aliphatic rings. The lowest BCUT2D eigenvalue weighted by Crippen LogP contribution is -2.17. The van der Waals surface area contributed by atoms with Crippen LogP contribution in [0.2, 0.25) is 0 Å². The minimum atomic E-state index is 0.405. The van der Waals surface area contributed by atoms with Crippen molar-refractivity contribution in [1.29, 1.82) is 0 Å². The van der Waals surface area contributed by atoms with E-state index in [-0.39, 0.29) is 0 Å². The van der Waals surface area contributed by atoms with Gasteiger partial charge < -0.3 is 5.73 Å². The lowest BCUT2D eigenvalue weighted by atomic mass is 9.98. The van der Waals surface area contributed by atoms with Crippen molar-refractivity contribution >= 4 is 15.9 Å². The fraction of sp³-hybridized carbons (Fsp3) is 0.500. The summed E-state index contributed by atoms with van der Waals surface area (Å²) in [5.74, 6) is 0. The Morgan fingerprint density at radius 1 is 1.46 bits per heavy atom. The highest BCUT2D eigenvalue weighted by Gasteiger charge is 2.40. The van der Waals surface area contributed by atoms with Crippen molar-refractivity contribution in [1.82, 2.24) is 4.98 Å². The molecule has 1 aromatic heterocycles. The summed E-state index contributed by atoms with van der Waals surface area (Å²) >= 11 is 3.42. The summed E-state index contributed by atoms with van der Waals surface area (Å²) in [6, 6.07) is 2.13. The minimum absolute atomic E-state index is 0.405. The van der Waals surface area contributed by atoms with E-state index in [0.717, 1.165) is 17.4 Å². The van der Waals surface area contributed by atoms with Crippen LogP contribution >= 0.6 is 15.9 Å². The monoisotopic (exact) mass is 240 g/mol. The van der Waals surface area contributed by atoms with E-state index in [4.69, 9.17) is 5.73 Å². The van der Waals surface area contributed by atoms with Gasteiger partial charge in [0.05, 0.1) is 0 Å². The molecule has 2 N–H and O–H groups in total. The molecule has 0 radical (unpaired) electrons. The number of hydrogen-bond donors (Lipinski definition) is 1. The molecule has 2 nitrogen and oxygen atoms in total. The molecule has 1 aromatic rings. The summed E-state index contributed by atoms with van der Waals surface area (Å²) in [5, 5.41) is 0. The van der Waals surface area contributed by atoms with Crippen molar-refractivity contribution in [2.75, 3.05) is 6.54 Å². The summed E-state index contributed by atoms with van der Waals surface area (Å²) in [4.78, 5) is 4.14. The summed E-state index contributed by atoms with van der Waals surface area (Å²) < 4.78 is 1.05.